The van der Waals surface area contributed by atoms with Gasteiger partial charge >= 0.3 is 0 Å². The predicted molar refractivity (Wildman–Crippen MR) is 104 cm³/mol. The average molecular weight is 319 g/mol. The molecule has 1 unspecified atom stereocenters. The lowest BCUT2D eigenvalue weighted by atomic mass is 9.83. The maximum Gasteiger partial charge on any atom is 0.0467 e. The van der Waals surface area contributed by atoms with Gasteiger partial charge in [0.1, 0.15) is 0 Å². The molecule has 3 rings (SSSR count). The normalized spacial score (nSPS) is 18.4. The van der Waals surface area contributed by atoms with Crippen LogP contribution < -0.4 is 5.32 Å². The third kappa shape index (κ3) is 4.15. The Balaban J connectivity index is 1.79. The van der Waals surface area contributed by atoms with E-state index in [0.29, 0.717) is 5.41 Å². The summed E-state index contributed by atoms with van der Waals surface area (Å²) < 4.78 is 0. The molecule has 0 spiro atoms. The molecule has 2 aromatic rings. The molecule has 1 fully saturated rings. The molecule has 0 bridgehead atoms. The highest BCUT2D eigenvalue weighted by Crippen LogP contribution is 2.45. The molecule has 24 heavy (non-hydrogen) atoms. The van der Waals surface area contributed by atoms with Crippen LogP contribution in [-0.4, -0.2) is 6.54 Å². The lowest BCUT2D eigenvalue weighted by Gasteiger charge is -2.35. The van der Waals surface area contributed by atoms with E-state index < -0.39 is 0 Å². The van der Waals surface area contributed by atoms with Gasteiger partial charge in [-0.2, -0.15) is 0 Å². The summed E-state index contributed by atoms with van der Waals surface area (Å²) in [4.78, 5) is 0. The van der Waals surface area contributed by atoms with E-state index in [9.17, 15) is 0 Å². The molecular weight excluding hydrogens is 290 g/mol. The van der Waals surface area contributed by atoms with Gasteiger partial charge in [0, 0.05) is 12.1 Å². The van der Waals surface area contributed by atoms with Crippen molar-refractivity contribution in [2.45, 2.75) is 45.1 Å². The zero-order valence-corrected chi connectivity index (χ0v) is 15.0. The van der Waals surface area contributed by atoms with E-state index in [1.165, 1.54) is 24.0 Å². The van der Waals surface area contributed by atoms with E-state index >= 15 is 0 Å². The summed E-state index contributed by atoms with van der Waals surface area (Å²) in [6.07, 6.45) is 9.38. The minimum atomic E-state index is 0.0259. The summed E-state index contributed by atoms with van der Waals surface area (Å²) in [5.74, 6) is 0. The van der Waals surface area contributed by atoms with Gasteiger partial charge in [0.05, 0.1) is 0 Å². The summed E-state index contributed by atoms with van der Waals surface area (Å²) in [6.45, 7) is 5.80. The monoisotopic (exact) mass is 319 g/mol. The molecular formula is C23H29N. The fourth-order valence-corrected chi connectivity index (χ4v) is 3.26. The molecule has 0 radical (unpaired) electrons. The zero-order valence-electron chi connectivity index (χ0n) is 15.0. The molecule has 1 saturated carbocycles. The Hall–Kier alpha value is -1.86. The van der Waals surface area contributed by atoms with Crippen LogP contribution in [-0.2, 0) is 5.54 Å². The number of benzene rings is 2. The Morgan fingerprint density at radius 1 is 1.00 bits per heavy atom. The van der Waals surface area contributed by atoms with E-state index in [1.807, 2.05) is 0 Å². The molecule has 1 nitrogen and oxygen atoms in total. The second kappa shape index (κ2) is 7.36. The Bertz CT molecular complexity index is 655. The molecule has 1 aliphatic rings. The fraction of sp³-hybridized carbons (Fsp3) is 0.391. The van der Waals surface area contributed by atoms with Crippen LogP contribution in [0.15, 0.2) is 66.7 Å². The van der Waals surface area contributed by atoms with Crippen molar-refractivity contribution in [1.82, 2.24) is 5.32 Å². The van der Waals surface area contributed by atoms with Crippen molar-refractivity contribution >= 4 is 6.08 Å². The van der Waals surface area contributed by atoms with Crippen molar-refractivity contribution in [3.8, 4) is 0 Å². The average Bonchev–Trinajstić information content (AvgIpc) is 3.38. The van der Waals surface area contributed by atoms with E-state index in [2.05, 4.69) is 92.0 Å². The SMILES string of the molecule is CCC(CC=Cc1ccccc1)(NCC1(C)CC1)c1ccccc1. The van der Waals surface area contributed by atoms with Crippen molar-refractivity contribution in [3.05, 3.63) is 77.9 Å². The molecule has 126 valence electrons. The molecule has 0 aromatic heterocycles. The van der Waals surface area contributed by atoms with Crippen molar-refractivity contribution in [2.75, 3.05) is 6.54 Å². The second-order valence-corrected chi connectivity index (χ2v) is 7.48. The highest BCUT2D eigenvalue weighted by Gasteiger charge is 2.39. The van der Waals surface area contributed by atoms with Crippen LogP contribution >= 0.6 is 0 Å². The summed E-state index contributed by atoms with van der Waals surface area (Å²) >= 11 is 0. The van der Waals surface area contributed by atoms with E-state index in [4.69, 9.17) is 0 Å². The van der Waals surface area contributed by atoms with Crippen LogP contribution in [0.5, 0.6) is 0 Å². The fourth-order valence-electron chi connectivity index (χ4n) is 3.26. The van der Waals surface area contributed by atoms with Gasteiger partial charge < -0.3 is 5.32 Å². The van der Waals surface area contributed by atoms with Crippen LogP contribution in [0.4, 0.5) is 0 Å². The van der Waals surface area contributed by atoms with Gasteiger partial charge in [0.25, 0.3) is 0 Å². The van der Waals surface area contributed by atoms with Gasteiger partial charge in [-0.25, -0.2) is 0 Å². The Morgan fingerprint density at radius 3 is 2.21 bits per heavy atom. The van der Waals surface area contributed by atoms with Crippen LogP contribution in [0.25, 0.3) is 6.08 Å². The molecule has 1 heteroatoms. The summed E-state index contributed by atoms with van der Waals surface area (Å²) in [5, 5.41) is 3.94. The Morgan fingerprint density at radius 2 is 1.62 bits per heavy atom. The molecule has 0 amide bonds. The number of hydrogen-bond acceptors (Lipinski definition) is 1. The van der Waals surface area contributed by atoms with Crippen molar-refractivity contribution in [3.63, 3.8) is 0 Å². The molecule has 0 heterocycles. The molecule has 2 aromatic carbocycles. The molecule has 0 saturated heterocycles. The minimum absolute atomic E-state index is 0.0259. The van der Waals surface area contributed by atoms with Crippen LogP contribution in [0.3, 0.4) is 0 Å². The number of nitrogens with one attached hydrogen (secondary N) is 1. The first-order valence-corrected chi connectivity index (χ1v) is 9.18. The van der Waals surface area contributed by atoms with Crippen molar-refractivity contribution < 1.29 is 0 Å². The van der Waals surface area contributed by atoms with Crippen molar-refractivity contribution in [2.24, 2.45) is 5.41 Å². The van der Waals surface area contributed by atoms with Gasteiger partial charge in [-0.05, 0) is 42.2 Å². The third-order valence-corrected chi connectivity index (χ3v) is 5.46. The van der Waals surface area contributed by atoms with Gasteiger partial charge in [-0.3, -0.25) is 0 Å². The first kappa shape index (κ1) is 17.0. The smallest absolute Gasteiger partial charge is 0.0467 e. The zero-order chi connectivity index (χ0) is 16.9. The maximum absolute atomic E-state index is 3.94. The first-order valence-electron chi connectivity index (χ1n) is 9.18. The Kier molecular flexibility index (Phi) is 5.20. The lowest BCUT2D eigenvalue weighted by molar-refractivity contribution is 0.294. The highest BCUT2D eigenvalue weighted by atomic mass is 15.0. The van der Waals surface area contributed by atoms with E-state index in [-0.39, 0.29) is 5.54 Å². The maximum atomic E-state index is 3.94. The topological polar surface area (TPSA) is 12.0 Å². The second-order valence-electron chi connectivity index (χ2n) is 7.48. The molecule has 1 aliphatic carbocycles. The van der Waals surface area contributed by atoms with Crippen LogP contribution in [0.2, 0.25) is 0 Å². The van der Waals surface area contributed by atoms with Gasteiger partial charge in [0.15, 0.2) is 0 Å². The Labute approximate surface area is 146 Å². The van der Waals surface area contributed by atoms with Gasteiger partial charge in [0.2, 0.25) is 0 Å². The van der Waals surface area contributed by atoms with Gasteiger partial charge in [-0.1, -0.05) is 86.7 Å². The molecule has 1 N–H and O–H groups in total. The van der Waals surface area contributed by atoms with Gasteiger partial charge in [-0.15, -0.1) is 0 Å². The standard InChI is InChI=1S/C23H29N/c1-3-23(21-14-8-5-9-15-21,24-19-22(2)17-18-22)16-10-13-20-11-6-4-7-12-20/h4-15,24H,3,16-19H2,1-2H3. The van der Waals surface area contributed by atoms with Crippen molar-refractivity contribution in [1.29, 1.82) is 0 Å². The largest absolute Gasteiger partial charge is 0.307 e. The number of hydrogen-bond donors (Lipinski definition) is 1. The quantitative estimate of drug-likeness (QED) is 0.650. The number of rotatable bonds is 8. The van der Waals surface area contributed by atoms with E-state index in [0.717, 1.165) is 19.4 Å². The van der Waals surface area contributed by atoms with E-state index in [1.54, 1.807) is 0 Å². The summed E-state index contributed by atoms with van der Waals surface area (Å²) in [6, 6.07) is 21.5. The predicted octanol–water partition coefficient (Wildman–Crippen LogP) is 5.79. The summed E-state index contributed by atoms with van der Waals surface area (Å²) in [7, 11) is 0. The minimum Gasteiger partial charge on any atom is -0.307 e. The van der Waals surface area contributed by atoms with Crippen LogP contribution in [0.1, 0.15) is 50.7 Å². The highest BCUT2D eigenvalue weighted by molar-refractivity contribution is 5.49. The summed E-state index contributed by atoms with van der Waals surface area (Å²) in [5.41, 5.74) is 3.20. The third-order valence-electron chi connectivity index (χ3n) is 5.46. The van der Waals surface area contributed by atoms with Crippen LogP contribution in [0, 0.1) is 5.41 Å². The lowest BCUT2D eigenvalue weighted by Crippen LogP contribution is -2.44. The first-order chi connectivity index (χ1) is 11.7. The molecule has 1 atom stereocenters. The molecule has 0 aliphatic heterocycles.